The normalized spacial score (nSPS) is 10.6. The third kappa shape index (κ3) is 5.34. The van der Waals surface area contributed by atoms with Crippen LogP contribution in [0.25, 0.3) is 32.7 Å². The Bertz CT molecular complexity index is 1590. The number of aromatic nitrogens is 3. The van der Waals surface area contributed by atoms with E-state index in [1.54, 1.807) is 13.3 Å². The number of hydrogen-bond acceptors (Lipinski definition) is 4. The van der Waals surface area contributed by atoms with Gasteiger partial charge in [0, 0.05) is 23.7 Å². The molecule has 0 saturated heterocycles. The second kappa shape index (κ2) is 11.3. The summed E-state index contributed by atoms with van der Waals surface area (Å²) < 4.78 is 21.4. The fraction of sp³-hybridized carbons (Fsp3) is 0.100. The van der Waals surface area contributed by atoms with Gasteiger partial charge in [-0.05, 0) is 48.5 Å². The molecule has 37 heavy (non-hydrogen) atoms. The minimum absolute atomic E-state index is 0.670. The van der Waals surface area contributed by atoms with E-state index in [9.17, 15) is 0 Å². The first-order chi connectivity index (χ1) is 18.2. The van der Waals surface area contributed by atoms with Crippen molar-refractivity contribution in [1.29, 1.82) is 0 Å². The van der Waals surface area contributed by atoms with Gasteiger partial charge in [0.05, 0.1) is 17.9 Å². The van der Waals surface area contributed by atoms with E-state index in [1.165, 1.54) is 0 Å². The SMILES string of the molecule is COc1cccc2cccnc12.C[n+]1cccc2cccc([O][Al][O]c3cccc4ccc[n+](C)c34)c21. The lowest BCUT2D eigenvalue weighted by atomic mass is 10.2. The van der Waals surface area contributed by atoms with E-state index in [2.05, 4.69) is 38.4 Å². The smallest absolute Gasteiger partial charge is 0.611 e. The number of para-hydroxylation sites is 3. The van der Waals surface area contributed by atoms with Crippen molar-refractivity contribution in [2.45, 2.75) is 0 Å². The van der Waals surface area contributed by atoms with Gasteiger partial charge in [0.25, 0.3) is 11.0 Å². The lowest BCUT2D eigenvalue weighted by molar-refractivity contribution is -0.645. The van der Waals surface area contributed by atoms with E-state index < -0.39 is 15.9 Å². The molecule has 0 saturated carbocycles. The number of benzene rings is 3. The molecule has 3 aromatic carbocycles. The van der Waals surface area contributed by atoms with Crippen molar-refractivity contribution in [2.75, 3.05) is 7.11 Å². The summed E-state index contributed by atoms with van der Waals surface area (Å²) in [5.74, 6) is 2.52. The van der Waals surface area contributed by atoms with Gasteiger partial charge in [-0.25, -0.2) is 0 Å². The fourth-order valence-electron chi connectivity index (χ4n) is 4.36. The van der Waals surface area contributed by atoms with Gasteiger partial charge in [0.2, 0.25) is 0 Å². The molecule has 3 aromatic heterocycles. The summed E-state index contributed by atoms with van der Waals surface area (Å²) in [4.78, 5) is 4.23. The third-order valence-electron chi connectivity index (χ3n) is 6.10. The number of nitrogens with zero attached hydrogens (tertiary/aromatic N) is 3. The monoisotopic (exact) mass is 504 g/mol. The molecule has 0 spiro atoms. The second-order valence-electron chi connectivity index (χ2n) is 8.49. The summed E-state index contributed by atoms with van der Waals surface area (Å²) >= 11 is -0.670. The first-order valence-corrected chi connectivity index (χ1v) is 12.9. The van der Waals surface area contributed by atoms with Crippen molar-refractivity contribution in [2.24, 2.45) is 14.1 Å². The van der Waals surface area contributed by atoms with Gasteiger partial charge >= 0.3 is 15.9 Å². The fourth-order valence-corrected chi connectivity index (χ4v) is 5.00. The molecule has 0 aliphatic heterocycles. The minimum Gasteiger partial charge on any atom is -0.611 e. The van der Waals surface area contributed by atoms with Gasteiger partial charge in [-0.3, -0.25) is 4.98 Å². The highest BCUT2D eigenvalue weighted by atomic mass is 27.2. The topological polar surface area (TPSA) is 48.3 Å². The summed E-state index contributed by atoms with van der Waals surface area (Å²) in [7, 11) is 5.70. The predicted molar refractivity (Wildman–Crippen MR) is 146 cm³/mol. The summed E-state index contributed by atoms with van der Waals surface area (Å²) in [5, 5.41) is 3.41. The molecule has 0 aliphatic carbocycles. The number of aryl methyl sites for hydroxylation is 2. The van der Waals surface area contributed by atoms with Crippen molar-refractivity contribution >= 4 is 48.6 Å². The molecule has 6 rings (SSSR count). The highest BCUT2D eigenvalue weighted by Crippen LogP contribution is 2.24. The molecule has 0 unspecified atom stereocenters. The molecule has 6 aromatic rings. The van der Waals surface area contributed by atoms with Gasteiger partial charge in [0.1, 0.15) is 25.4 Å². The molecule has 6 nitrogen and oxygen atoms in total. The van der Waals surface area contributed by atoms with E-state index in [4.69, 9.17) is 12.3 Å². The lowest BCUT2D eigenvalue weighted by Crippen LogP contribution is -2.29. The van der Waals surface area contributed by atoms with Gasteiger partial charge in [-0.15, -0.1) is 0 Å². The molecular formula is C30H27AlN3O3+2. The average Bonchev–Trinajstić information content (AvgIpc) is 2.93. The number of rotatable bonds is 5. The zero-order valence-electron chi connectivity index (χ0n) is 21.0. The van der Waals surface area contributed by atoms with Crippen LogP contribution in [0.4, 0.5) is 0 Å². The number of ether oxygens (including phenoxy) is 1. The number of methoxy groups -OCH3 is 1. The maximum Gasteiger partial charge on any atom is 0.882 e. The van der Waals surface area contributed by atoms with Crippen LogP contribution in [-0.4, -0.2) is 28.0 Å². The Morgan fingerprint density at radius 1 is 0.595 bits per heavy atom. The maximum absolute atomic E-state index is 6.02. The largest absolute Gasteiger partial charge is 0.882 e. The Balaban J connectivity index is 0.000000195. The molecule has 0 bridgehead atoms. The van der Waals surface area contributed by atoms with Crippen molar-refractivity contribution < 1.29 is 21.4 Å². The van der Waals surface area contributed by atoms with E-state index >= 15 is 0 Å². The van der Waals surface area contributed by atoms with Crippen LogP contribution >= 0.6 is 0 Å². The van der Waals surface area contributed by atoms with Crippen LogP contribution in [0.3, 0.4) is 0 Å². The van der Waals surface area contributed by atoms with Gasteiger partial charge in [-0.2, -0.15) is 9.13 Å². The molecular weight excluding hydrogens is 477 g/mol. The van der Waals surface area contributed by atoms with Crippen LogP contribution in [0.5, 0.6) is 17.2 Å². The Labute approximate surface area is 222 Å². The Kier molecular flexibility index (Phi) is 7.46. The van der Waals surface area contributed by atoms with E-state index in [0.717, 1.165) is 50.0 Å². The molecule has 0 aliphatic rings. The Morgan fingerprint density at radius 2 is 1.08 bits per heavy atom. The molecule has 0 N–H and O–H groups in total. The van der Waals surface area contributed by atoms with Crippen LogP contribution in [0.1, 0.15) is 0 Å². The van der Waals surface area contributed by atoms with Crippen LogP contribution in [-0.2, 0) is 14.1 Å². The molecule has 7 heteroatoms. The van der Waals surface area contributed by atoms with Gasteiger partial charge < -0.3 is 12.3 Å². The summed E-state index contributed by atoms with van der Waals surface area (Å²) in [6.45, 7) is 0. The summed E-state index contributed by atoms with van der Waals surface area (Å²) in [5.41, 5.74) is 3.07. The van der Waals surface area contributed by atoms with Gasteiger partial charge in [0.15, 0.2) is 23.9 Å². The number of hydrogen-bond donors (Lipinski definition) is 0. The first kappa shape index (κ1) is 24.5. The lowest BCUT2D eigenvalue weighted by Gasteiger charge is -2.10. The van der Waals surface area contributed by atoms with E-state index in [-0.39, 0.29) is 0 Å². The molecule has 181 valence electrons. The molecule has 3 heterocycles. The maximum atomic E-state index is 6.02. The van der Waals surface area contributed by atoms with Crippen molar-refractivity contribution in [3.8, 4) is 17.2 Å². The van der Waals surface area contributed by atoms with Crippen LogP contribution < -0.4 is 21.4 Å². The quantitative estimate of drug-likeness (QED) is 0.248. The third-order valence-corrected chi connectivity index (χ3v) is 6.80. The van der Waals surface area contributed by atoms with Crippen molar-refractivity contribution in [3.05, 3.63) is 110 Å². The Hall–Kier alpha value is -4.18. The number of fused-ring (bicyclic) bond motifs is 3. The number of pyridine rings is 3. The highest BCUT2D eigenvalue weighted by Gasteiger charge is 2.17. The zero-order valence-corrected chi connectivity index (χ0v) is 22.2. The average molecular weight is 505 g/mol. The summed E-state index contributed by atoms with van der Waals surface area (Å²) in [6, 6.07) is 30.2. The van der Waals surface area contributed by atoms with Crippen molar-refractivity contribution in [1.82, 2.24) is 4.98 Å². The second-order valence-corrected chi connectivity index (χ2v) is 9.16. The first-order valence-electron chi connectivity index (χ1n) is 11.9. The van der Waals surface area contributed by atoms with Crippen LogP contribution in [0, 0.1) is 0 Å². The van der Waals surface area contributed by atoms with E-state index in [0.29, 0.717) is 0 Å². The predicted octanol–water partition coefficient (Wildman–Crippen LogP) is 4.88. The Morgan fingerprint density at radius 3 is 1.65 bits per heavy atom. The standard InChI is InChI=1S/3C10H9NO.Al/c1-12-9-6-2-4-8-5-3-7-11-10(8)9;2*1-11-7-3-5-8-4-2-6-9(12)10(8)11;/h3*2-7H,1H3;/q;;;+2. The zero-order chi connectivity index (χ0) is 25.6. The molecule has 0 amide bonds. The van der Waals surface area contributed by atoms with Crippen LogP contribution in [0.2, 0.25) is 0 Å². The molecule has 0 fully saturated rings. The van der Waals surface area contributed by atoms with Crippen LogP contribution in [0.15, 0.2) is 110 Å². The van der Waals surface area contributed by atoms with Crippen molar-refractivity contribution in [3.63, 3.8) is 0 Å². The summed E-state index contributed by atoms with van der Waals surface area (Å²) in [6.07, 6.45) is 5.82. The minimum atomic E-state index is -0.670. The van der Waals surface area contributed by atoms with Gasteiger partial charge in [-0.1, -0.05) is 30.3 Å². The molecule has 0 atom stereocenters. The molecule has 1 radical (unpaired) electrons. The van der Waals surface area contributed by atoms with E-state index in [1.807, 2.05) is 93.2 Å². The highest BCUT2D eigenvalue weighted by molar-refractivity contribution is 6.21.